The van der Waals surface area contributed by atoms with Gasteiger partial charge in [-0.2, -0.15) is 0 Å². The van der Waals surface area contributed by atoms with E-state index in [0.29, 0.717) is 0 Å². The van der Waals surface area contributed by atoms with E-state index in [2.05, 4.69) is 53.1 Å². The highest BCUT2D eigenvalue weighted by Gasteiger charge is 2.10. The number of nitrogens with one attached hydrogen (secondary N) is 2. The third kappa shape index (κ3) is 2.87. The van der Waals surface area contributed by atoms with Gasteiger partial charge in [0, 0.05) is 25.0 Å². The van der Waals surface area contributed by atoms with Crippen LogP contribution in [0, 0.1) is 0 Å². The van der Waals surface area contributed by atoms with Gasteiger partial charge < -0.3 is 15.4 Å². The van der Waals surface area contributed by atoms with Crippen LogP contribution in [0.1, 0.15) is 17.5 Å². The molecule has 1 aliphatic heterocycles. The fraction of sp³-hybridized carbons (Fsp3) is 0.294. The minimum absolute atomic E-state index is 0.837. The molecule has 2 aromatic rings. The average Bonchev–Trinajstić information content (AvgIpc) is 2.53. The van der Waals surface area contributed by atoms with Gasteiger partial charge in [0.15, 0.2) is 0 Å². The molecule has 3 nitrogen and oxygen atoms in total. The van der Waals surface area contributed by atoms with Crippen molar-refractivity contribution in [2.24, 2.45) is 0 Å². The van der Waals surface area contributed by atoms with Crippen LogP contribution >= 0.6 is 0 Å². The van der Waals surface area contributed by atoms with E-state index in [9.17, 15) is 0 Å². The smallest absolute Gasteiger partial charge is 0.122 e. The molecular formula is C17H20N2O. The maximum absolute atomic E-state index is 5.63. The standard InChI is InChI=1S/C17H20N2O/c1-18-15-6-4-13(5-7-15)12-19-16-8-9-17-14(11-16)3-2-10-20-17/h4-9,11,18-19H,2-3,10,12H2,1H3. The lowest BCUT2D eigenvalue weighted by Gasteiger charge is -2.18. The Labute approximate surface area is 120 Å². The first-order chi connectivity index (χ1) is 9.85. The third-order valence-electron chi connectivity index (χ3n) is 3.65. The zero-order chi connectivity index (χ0) is 13.8. The second kappa shape index (κ2) is 5.87. The van der Waals surface area contributed by atoms with Crippen LogP contribution < -0.4 is 15.4 Å². The fourth-order valence-electron chi connectivity index (χ4n) is 2.46. The Hall–Kier alpha value is -2.16. The zero-order valence-corrected chi connectivity index (χ0v) is 11.8. The van der Waals surface area contributed by atoms with Crippen LogP contribution in [0.15, 0.2) is 42.5 Å². The number of hydrogen-bond donors (Lipinski definition) is 2. The summed E-state index contributed by atoms with van der Waals surface area (Å²) in [5.74, 6) is 1.04. The van der Waals surface area contributed by atoms with Gasteiger partial charge in [0.05, 0.1) is 6.61 Å². The van der Waals surface area contributed by atoms with Crippen LogP contribution in [0.5, 0.6) is 5.75 Å². The molecule has 1 heterocycles. The molecule has 3 heteroatoms. The molecule has 0 fully saturated rings. The molecule has 0 saturated carbocycles. The largest absolute Gasteiger partial charge is 0.493 e. The fourth-order valence-corrected chi connectivity index (χ4v) is 2.46. The highest BCUT2D eigenvalue weighted by atomic mass is 16.5. The van der Waals surface area contributed by atoms with Crippen molar-refractivity contribution in [2.75, 3.05) is 24.3 Å². The molecule has 0 spiro atoms. The van der Waals surface area contributed by atoms with Crippen molar-refractivity contribution in [1.82, 2.24) is 0 Å². The lowest BCUT2D eigenvalue weighted by Crippen LogP contribution is -2.09. The number of rotatable bonds is 4. The molecule has 3 rings (SSSR count). The summed E-state index contributed by atoms with van der Waals surface area (Å²) in [4.78, 5) is 0. The molecule has 2 aromatic carbocycles. The van der Waals surface area contributed by atoms with Gasteiger partial charge in [-0.15, -0.1) is 0 Å². The number of aryl methyl sites for hydroxylation is 1. The normalized spacial score (nSPS) is 13.2. The predicted molar refractivity (Wildman–Crippen MR) is 83.6 cm³/mol. The first kappa shape index (κ1) is 12.9. The van der Waals surface area contributed by atoms with Crippen molar-refractivity contribution >= 4 is 11.4 Å². The van der Waals surface area contributed by atoms with Crippen LogP contribution in [0.25, 0.3) is 0 Å². The van der Waals surface area contributed by atoms with Crippen molar-refractivity contribution in [3.05, 3.63) is 53.6 Å². The van der Waals surface area contributed by atoms with Gasteiger partial charge in [-0.05, 0) is 54.3 Å². The molecule has 0 atom stereocenters. The Balaban J connectivity index is 1.65. The summed E-state index contributed by atoms with van der Waals surface area (Å²) in [6.07, 6.45) is 2.23. The van der Waals surface area contributed by atoms with Crippen LogP contribution in [-0.4, -0.2) is 13.7 Å². The zero-order valence-electron chi connectivity index (χ0n) is 11.8. The first-order valence-electron chi connectivity index (χ1n) is 7.11. The maximum atomic E-state index is 5.63. The summed E-state index contributed by atoms with van der Waals surface area (Å²) in [7, 11) is 1.93. The van der Waals surface area contributed by atoms with E-state index in [0.717, 1.165) is 43.1 Å². The predicted octanol–water partition coefficient (Wildman–Crippen LogP) is 3.67. The molecule has 0 unspecified atom stereocenters. The molecule has 20 heavy (non-hydrogen) atoms. The van der Waals surface area contributed by atoms with E-state index in [1.807, 2.05) is 7.05 Å². The van der Waals surface area contributed by atoms with Gasteiger partial charge >= 0.3 is 0 Å². The van der Waals surface area contributed by atoms with E-state index in [4.69, 9.17) is 4.74 Å². The number of ether oxygens (including phenoxy) is 1. The number of anilines is 2. The van der Waals surface area contributed by atoms with Gasteiger partial charge in [0.1, 0.15) is 5.75 Å². The van der Waals surface area contributed by atoms with Crippen molar-refractivity contribution in [2.45, 2.75) is 19.4 Å². The Morgan fingerprint density at radius 1 is 1.05 bits per heavy atom. The van der Waals surface area contributed by atoms with Gasteiger partial charge in [-0.3, -0.25) is 0 Å². The minimum Gasteiger partial charge on any atom is -0.493 e. The molecular weight excluding hydrogens is 248 g/mol. The highest BCUT2D eigenvalue weighted by Crippen LogP contribution is 2.27. The Bertz CT molecular complexity index is 578. The molecule has 2 N–H and O–H groups in total. The van der Waals surface area contributed by atoms with Crippen molar-refractivity contribution < 1.29 is 4.74 Å². The molecule has 0 aromatic heterocycles. The Morgan fingerprint density at radius 2 is 1.85 bits per heavy atom. The molecule has 1 aliphatic rings. The van der Waals surface area contributed by atoms with Crippen LogP contribution in [0.4, 0.5) is 11.4 Å². The summed E-state index contributed by atoms with van der Waals surface area (Å²) < 4.78 is 5.63. The minimum atomic E-state index is 0.837. The van der Waals surface area contributed by atoms with E-state index in [1.165, 1.54) is 11.1 Å². The van der Waals surface area contributed by atoms with Crippen LogP contribution in [-0.2, 0) is 13.0 Å². The van der Waals surface area contributed by atoms with Gasteiger partial charge in [0.2, 0.25) is 0 Å². The summed E-state index contributed by atoms with van der Waals surface area (Å²) in [6.45, 7) is 1.68. The van der Waals surface area contributed by atoms with Crippen molar-refractivity contribution in [3.8, 4) is 5.75 Å². The summed E-state index contributed by atoms with van der Waals surface area (Å²) in [5.41, 5.74) is 4.89. The summed E-state index contributed by atoms with van der Waals surface area (Å²) >= 11 is 0. The SMILES string of the molecule is CNc1ccc(CNc2ccc3c(c2)CCCO3)cc1. The topological polar surface area (TPSA) is 33.3 Å². The molecule has 0 amide bonds. The van der Waals surface area contributed by atoms with Gasteiger partial charge in [-0.25, -0.2) is 0 Å². The van der Waals surface area contributed by atoms with Crippen LogP contribution in [0.3, 0.4) is 0 Å². The second-order valence-corrected chi connectivity index (χ2v) is 5.07. The lowest BCUT2D eigenvalue weighted by molar-refractivity contribution is 0.288. The Morgan fingerprint density at radius 3 is 2.65 bits per heavy atom. The van der Waals surface area contributed by atoms with Gasteiger partial charge in [-0.1, -0.05) is 12.1 Å². The monoisotopic (exact) mass is 268 g/mol. The lowest BCUT2D eigenvalue weighted by atomic mass is 10.1. The highest BCUT2D eigenvalue weighted by molar-refractivity contribution is 5.52. The molecule has 0 bridgehead atoms. The third-order valence-corrected chi connectivity index (χ3v) is 3.65. The number of fused-ring (bicyclic) bond motifs is 1. The van der Waals surface area contributed by atoms with Crippen LogP contribution in [0.2, 0.25) is 0 Å². The van der Waals surface area contributed by atoms with Gasteiger partial charge in [0.25, 0.3) is 0 Å². The summed E-state index contributed by atoms with van der Waals surface area (Å²) in [6, 6.07) is 14.8. The van der Waals surface area contributed by atoms with E-state index < -0.39 is 0 Å². The average molecular weight is 268 g/mol. The van der Waals surface area contributed by atoms with Crippen molar-refractivity contribution in [1.29, 1.82) is 0 Å². The molecule has 0 saturated heterocycles. The summed E-state index contributed by atoms with van der Waals surface area (Å²) in [5, 5.41) is 6.60. The maximum Gasteiger partial charge on any atom is 0.122 e. The second-order valence-electron chi connectivity index (χ2n) is 5.07. The van der Waals surface area contributed by atoms with E-state index in [-0.39, 0.29) is 0 Å². The molecule has 0 aliphatic carbocycles. The first-order valence-corrected chi connectivity index (χ1v) is 7.11. The quantitative estimate of drug-likeness (QED) is 0.887. The number of benzene rings is 2. The molecule has 0 radical (unpaired) electrons. The van der Waals surface area contributed by atoms with Crippen molar-refractivity contribution in [3.63, 3.8) is 0 Å². The van der Waals surface area contributed by atoms with E-state index in [1.54, 1.807) is 0 Å². The Kier molecular flexibility index (Phi) is 3.77. The molecule has 104 valence electrons. The van der Waals surface area contributed by atoms with E-state index >= 15 is 0 Å². The number of hydrogen-bond acceptors (Lipinski definition) is 3.